The standard InChI is InChI=1S/C22H34FN3O4/c1-6-11-26(13-12-25(5)17(3)28)22-10-8-19(14-21(22)23)7-9-20(30-18(4)29)15-24-16(2)27/h8,10,14,20H,6-7,9,11-13,15H2,1-5H3,(H,24,27)/t20-/m1/s1. The Morgan fingerprint density at radius 3 is 2.37 bits per heavy atom. The van der Waals surface area contributed by atoms with Crippen LogP contribution in [0, 0.1) is 5.82 Å². The molecule has 0 aliphatic heterocycles. The SMILES string of the molecule is CCCN(CCN(C)C(C)=O)c1ccc(CC[C@H](CNC(C)=O)OC(C)=O)cc1F. The van der Waals surface area contributed by atoms with E-state index in [0.29, 0.717) is 38.2 Å². The maximum atomic E-state index is 14.8. The smallest absolute Gasteiger partial charge is 0.302 e. The summed E-state index contributed by atoms with van der Waals surface area (Å²) >= 11 is 0. The van der Waals surface area contributed by atoms with Gasteiger partial charge < -0.3 is 19.9 Å². The van der Waals surface area contributed by atoms with Crippen molar-refractivity contribution in [1.82, 2.24) is 10.2 Å². The number of ether oxygens (including phenoxy) is 1. The molecular formula is C22H34FN3O4. The number of anilines is 1. The summed E-state index contributed by atoms with van der Waals surface area (Å²) in [4.78, 5) is 37.4. The topological polar surface area (TPSA) is 78.9 Å². The number of hydrogen-bond acceptors (Lipinski definition) is 5. The minimum atomic E-state index is -0.465. The average molecular weight is 424 g/mol. The number of benzene rings is 1. The van der Waals surface area contributed by atoms with Crippen LogP contribution in [0.4, 0.5) is 10.1 Å². The Morgan fingerprint density at radius 2 is 1.83 bits per heavy atom. The van der Waals surface area contributed by atoms with E-state index in [1.807, 2.05) is 17.9 Å². The lowest BCUT2D eigenvalue weighted by Gasteiger charge is -2.27. The predicted octanol–water partition coefficient (Wildman–Crippen LogP) is 2.52. The average Bonchev–Trinajstić information content (AvgIpc) is 2.66. The number of likely N-dealkylation sites (N-methyl/N-ethyl adjacent to an activating group) is 1. The van der Waals surface area contributed by atoms with Gasteiger partial charge in [0.25, 0.3) is 0 Å². The zero-order valence-electron chi connectivity index (χ0n) is 18.7. The van der Waals surface area contributed by atoms with Gasteiger partial charge >= 0.3 is 5.97 Å². The maximum Gasteiger partial charge on any atom is 0.302 e. The Labute approximate surface area is 178 Å². The van der Waals surface area contributed by atoms with E-state index in [2.05, 4.69) is 5.32 Å². The van der Waals surface area contributed by atoms with Crippen molar-refractivity contribution in [3.05, 3.63) is 29.6 Å². The Hall–Kier alpha value is -2.64. The van der Waals surface area contributed by atoms with Gasteiger partial charge in [0.15, 0.2) is 0 Å². The highest BCUT2D eigenvalue weighted by molar-refractivity contribution is 5.73. The number of aryl methyl sites for hydroxylation is 1. The summed E-state index contributed by atoms with van der Waals surface area (Å²) < 4.78 is 20.1. The third kappa shape index (κ3) is 9.24. The van der Waals surface area contributed by atoms with E-state index in [-0.39, 0.29) is 24.2 Å². The first-order chi connectivity index (χ1) is 14.1. The molecule has 1 aromatic rings. The molecule has 1 atom stereocenters. The van der Waals surface area contributed by atoms with Crippen molar-refractivity contribution in [2.24, 2.45) is 0 Å². The van der Waals surface area contributed by atoms with Crippen LogP contribution in [-0.2, 0) is 25.5 Å². The largest absolute Gasteiger partial charge is 0.461 e. The third-order valence-corrected chi connectivity index (χ3v) is 4.76. The molecule has 0 radical (unpaired) electrons. The van der Waals surface area contributed by atoms with Gasteiger partial charge in [0.2, 0.25) is 11.8 Å². The van der Waals surface area contributed by atoms with Crippen molar-refractivity contribution in [3.63, 3.8) is 0 Å². The van der Waals surface area contributed by atoms with Gasteiger partial charge in [-0.25, -0.2) is 4.39 Å². The van der Waals surface area contributed by atoms with E-state index in [4.69, 9.17) is 4.74 Å². The molecule has 0 aliphatic carbocycles. The van der Waals surface area contributed by atoms with Gasteiger partial charge in [0.05, 0.1) is 12.2 Å². The van der Waals surface area contributed by atoms with E-state index in [9.17, 15) is 18.8 Å². The van der Waals surface area contributed by atoms with E-state index in [0.717, 1.165) is 12.0 Å². The number of amides is 2. The van der Waals surface area contributed by atoms with Gasteiger partial charge in [0, 0.05) is 47.5 Å². The highest BCUT2D eigenvalue weighted by atomic mass is 19.1. The van der Waals surface area contributed by atoms with Crippen LogP contribution in [0.15, 0.2) is 18.2 Å². The molecule has 30 heavy (non-hydrogen) atoms. The van der Waals surface area contributed by atoms with Crippen LogP contribution in [0.25, 0.3) is 0 Å². The minimum absolute atomic E-state index is 0.0242. The molecule has 0 aromatic heterocycles. The quantitative estimate of drug-likeness (QED) is 0.523. The summed E-state index contributed by atoms with van der Waals surface area (Å²) in [7, 11) is 1.73. The second-order valence-corrected chi connectivity index (χ2v) is 7.42. The molecule has 0 saturated heterocycles. The zero-order chi connectivity index (χ0) is 22.7. The molecule has 0 fully saturated rings. The monoisotopic (exact) mass is 423 g/mol. The highest BCUT2D eigenvalue weighted by Crippen LogP contribution is 2.22. The van der Waals surface area contributed by atoms with Crippen molar-refractivity contribution in [3.8, 4) is 0 Å². The lowest BCUT2D eigenvalue weighted by atomic mass is 10.1. The summed E-state index contributed by atoms with van der Waals surface area (Å²) in [6, 6.07) is 5.11. The van der Waals surface area contributed by atoms with Crippen LogP contribution in [-0.4, -0.2) is 62.0 Å². The van der Waals surface area contributed by atoms with Gasteiger partial charge in [-0.2, -0.15) is 0 Å². The van der Waals surface area contributed by atoms with Gasteiger partial charge in [-0.3, -0.25) is 14.4 Å². The maximum absolute atomic E-state index is 14.8. The van der Waals surface area contributed by atoms with E-state index < -0.39 is 12.1 Å². The molecule has 0 bridgehead atoms. The molecular weight excluding hydrogens is 389 g/mol. The molecule has 1 rings (SSSR count). The Kier molecular flexibility index (Phi) is 10.9. The van der Waals surface area contributed by atoms with Gasteiger partial charge in [-0.15, -0.1) is 0 Å². The van der Waals surface area contributed by atoms with Crippen LogP contribution in [0.1, 0.15) is 46.1 Å². The zero-order valence-corrected chi connectivity index (χ0v) is 18.7. The summed E-state index contributed by atoms with van der Waals surface area (Å²) in [6.45, 7) is 8.23. The summed E-state index contributed by atoms with van der Waals surface area (Å²) in [5, 5.41) is 2.64. The number of hydrogen-bond donors (Lipinski definition) is 1. The second kappa shape index (κ2) is 12.8. The lowest BCUT2D eigenvalue weighted by molar-refractivity contribution is -0.147. The molecule has 1 N–H and O–H groups in total. The summed E-state index contributed by atoms with van der Waals surface area (Å²) in [6.07, 6.45) is 1.38. The van der Waals surface area contributed by atoms with Crippen LogP contribution in [0.2, 0.25) is 0 Å². The van der Waals surface area contributed by atoms with Crippen molar-refractivity contribution < 1.29 is 23.5 Å². The first kappa shape index (κ1) is 25.4. The molecule has 7 nitrogen and oxygen atoms in total. The number of halogens is 1. The third-order valence-electron chi connectivity index (χ3n) is 4.76. The van der Waals surface area contributed by atoms with Crippen LogP contribution in [0.3, 0.4) is 0 Å². The number of esters is 1. The highest BCUT2D eigenvalue weighted by Gasteiger charge is 2.16. The number of rotatable bonds is 12. The Bertz CT molecular complexity index is 726. The molecule has 0 unspecified atom stereocenters. The molecule has 0 heterocycles. The molecule has 168 valence electrons. The van der Waals surface area contributed by atoms with Gasteiger partial charge in [-0.1, -0.05) is 13.0 Å². The molecule has 0 spiro atoms. The van der Waals surface area contributed by atoms with Crippen LogP contribution < -0.4 is 10.2 Å². The number of nitrogens with zero attached hydrogens (tertiary/aromatic N) is 2. The molecule has 2 amide bonds. The minimum Gasteiger partial charge on any atom is -0.461 e. The number of carbonyl (C=O) groups excluding carboxylic acids is 3. The fraction of sp³-hybridized carbons (Fsp3) is 0.591. The van der Waals surface area contributed by atoms with E-state index in [1.165, 1.54) is 26.8 Å². The fourth-order valence-corrected chi connectivity index (χ4v) is 3.04. The summed E-state index contributed by atoms with van der Waals surface area (Å²) in [5.41, 5.74) is 1.29. The fourth-order valence-electron chi connectivity index (χ4n) is 3.04. The lowest BCUT2D eigenvalue weighted by Crippen LogP contribution is -2.36. The van der Waals surface area contributed by atoms with Gasteiger partial charge in [-0.05, 0) is 37.0 Å². The van der Waals surface area contributed by atoms with Crippen LogP contribution >= 0.6 is 0 Å². The molecule has 8 heteroatoms. The molecule has 0 saturated carbocycles. The predicted molar refractivity (Wildman–Crippen MR) is 115 cm³/mol. The van der Waals surface area contributed by atoms with Crippen molar-refractivity contribution in [2.75, 3.05) is 38.1 Å². The second-order valence-electron chi connectivity index (χ2n) is 7.42. The van der Waals surface area contributed by atoms with Crippen molar-refractivity contribution >= 4 is 23.5 Å². The van der Waals surface area contributed by atoms with E-state index in [1.54, 1.807) is 18.0 Å². The van der Waals surface area contributed by atoms with Crippen molar-refractivity contribution in [1.29, 1.82) is 0 Å². The molecule has 0 aliphatic rings. The Morgan fingerprint density at radius 1 is 1.13 bits per heavy atom. The number of carbonyl (C=O) groups is 3. The Balaban J connectivity index is 2.80. The number of nitrogens with one attached hydrogen (secondary N) is 1. The summed E-state index contributed by atoms with van der Waals surface area (Å²) in [5.74, 6) is -0.965. The van der Waals surface area contributed by atoms with Crippen molar-refractivity contribution in [2.45, 2.75) is 53.1 Å². The molecule has 1 aromatic carbocycles. The normalized spacial score (nSPS) is 11.5. The van der Waals surface area contributed by atoms with Crippen LogP contribution in [0.5, 0.6) is 0 Å². The first-order valence-electron chi connectivity index (χ1n) is 10.3. The first-order valence-corrected chi connectivity index (χ1v) is 10.3. The van der Waals surface area contributed by atoms with E-state index >= 15 is 0 Å². The van der Waals surface area contributed by atoms with Gasteiger partial charge in [0.1, 0.15) is 11.9 Å².